The van der Waals surface area contributed by atoms with Crippen LogP contribution in [-0.4, -0.2) is 42.4 Å². The first-order chi connectivity index (χ1) is 11.4. The Hall–Kier alpha value is -1.89. The van der Waals surface area contributed by atoms with Crippen molar-refractivity contribution >= 4 is 11.7 Å². The fourth-order valence-electron chi connectivity index (χ4n) is 2.85. The molecule has 1 aliphatic heterocycles. The monoisotopic (exact) mass is 341 g/mol. The highest BCUT2D eigenvalue weighted by molar-refractivity contribution is 5.74. The van der Waals surface area contributed by atoms with Gasteiger partial charge in [0, 0.05) is 25.7 Å². The van der Waals surface area contributed by atoms with Gasteiger partial charge in [0.25, 0.3) is 0 Å². The third-order valence-corrected chi connectivity index (χ3v) is 4.67. The summed E-state index contributed by atoms with van der Waals surface area (Å²) in [5.41, 5.74) is -0.955. The molecule has 7 heteroatoms. The number of rotatable bonds is 6. The van der Waals surface area contributed by atoms with Gasteiger partial charge in [-0.15, -0.1) is 0 Å². The Morgan fingerprint density at radius 2 is 1.96 bits per heavy atom. The standard InChI is InChI=1S/C17H25F2N3O2/c1-3-17(24,4-2)11-20-16(23)21-12-8-9-22(10-12)15-13(18)6-5-7-14(15)19/h5-7,12,24H,3-4,8-11H2,1-2H3,(H2,20,21,23). The Morgan fingerprint density at radius 3 is 2.54 bits per heavy atom. The Balaban J connectivity index is 1.87. The second kappa shape index (κ2) is 7.79. The van der Waals surface area contributed by atoms with Crippen LogP contribution in [-0.2, 0) is 0 Å². The normalized spacial score (nSPS) is 17.9. The lowest BCUT2D eigenvalue weighted by Gasteiger charge is -2.26. The zero-order chi connectivity index (χ0) is 17.7. The zero-order valence-electron chi connectivity index (χ0n) is 14.1. The van der Waals surface area contributed by atoms with Crippen molar-refractivity contribution in [2.24, 2.45) is 0 Å². The van der Waals surface area contributed by atoms with Crippen molar-refractivity contribution in [1.82, 2.24) is 10.6 Å². The Kier molecular flexibility index (Phi) is 5.99. The summed E-state index contributed by atoms with van der Waals surface area (Å²) in [6.07, 6.45) is 1.70. The highest BCUT2D eigenvalue weighted by Crippen LogP contribution is 2.26. The molecule has 134 valence electrons. The van der Waals surface area contributed by atoms with Gasteiger partial charge in [-0.2, -0.15) is 0 Å². The van der Waals surface area contributed by atoms with E-state index < -0.39 is 17.2 Å². The number of benzene rings is 1. The maximum Gasteiger partial charge on any atom is 0.315 e. The van der Waals surface area contributed by atoms with Gasteiger partial charge in [0.05, 0.1) is 5.60 Å². The summed E-state index contributed by atoms with van der Waals surface area (Å²) >= 11 is 0. The average molecular weight is 341 g/mol. The van der Waals surface area contributed by atoms with Crippen molar-refractivity contribution in [3.8, 4) is 0 Å². The quantitative estimate of drug-likeness (QED) is 0.744. The lowest BCUT2D eigenvalue weighted by molar-refractivity contribution is 0.0349. The Morgan fingerprint density at radius 1 is 1.33 bits per heavy atom. The van der Waals surface area contributed by atoms with Crippen LogP contribution >= 0.6 is 0 Å². The number of para-hydroxylation sites is 1. The first-order valence-electron chi connectivity index (χ1n) is 8.34. The SMILES string of the molecule is CCC(O)(CC)CNC(=O)NC1CCN(c2c(F)cccc2F)C1. The van der Waals surface area contributed by atoms with E-state index in [-0.39, 0.29) is 24.3 Å². The number of carbonyl (C=O) groups excluding carboxylic acids is 1. The predicted molar refractivity (Wildman–Crippen MR) is 89.0 cm³/mol. The predicted octanol–water partition coefficient (Wildman–Crippen LogP) is 2.39. The summed E-state index contributed by atoms with van der Waals surface area (Å²) < 4.78 is 27.6. The molecular formula is C17H25F2N3O2. The largest absolute Gasteiger partial charge is 0.388 e. The van der Waals surface area contributed by atoms with Crippen molar-refractivity contribution < 1.29 is 18.7 Å². The summed E-state index contributed by atoms with van der Waals surface area (Å²) in [5.74, 6) is -1.20. The number of carbonyl (C=O) groups is 1. The van der Waals surface area contributed by atoms with Crippen LogP contribution in [0.1, 0.15) is 33.1 Å². The highest BCUT2D eigenvalue weighted by atomic mass is 19.1. The van der Waals surface area contributed by atoms with Crippen LogP contribution in [0.15, 0.2) is 18.2 Å². The van der Waals surface area contributed by atoms with Crippen molar-refractivity contribution in [3.05, 3.63) is 29.8 Å². The number of hydrogen-bond acceptors (Lipinski definition) is 3. The molecule has 24 heavy (non-hydrogen) atoms. The minimum atomic E-state index is -0.907. The highest BCUT2D eigenvalue weighted by Gasteiger charge is 2.28. The number of nitrogens with one attached hydrogen (secondary N) is 2. The number of urea groups is 1. The molecule has 1 atom stereocenters. The molecule has 2 amide bonds. The molecule has 1 aromatic rings. The minimum absolute atomic E-state index is 0.0476. The van der Waals surface area contributed by atoms with E-state index in [1.54, 1.807) is 4.90 Å². The molecular weight excluding hydrogens is 316 g/mol. The van der Waals surface area contributed by atoms with Crippen molar-refractivity contribution in [2.45, 2.75) is 44.8 Å². The van der Waals surface area contributed by atoms with Crippen LogP contribution < -0.4 is 15.5 Å². The minimum Gasteiger partial charge on any atom is -0.388 e. The van der Waals surface area contributed by atoms with E-state index in [9.17, 15) is 18.7 Å². The fraction of sp³-hybridized carbons (Fsp3) is 0.588. The average Bonchev–Trinajstić information content (AvgIpc) is 3.00. The van der Waals surface area contributed by atoms with E-state index in [4.69, 9.17) is 0 Å². The van der Waals surface area contributed by atoms with Gasteiger partial charge in [0.1, 0.15) is 17.3 Å². The van der Waals surface area contributed by atoms with Gasteiger partial charge in [-0.25, -0.2) is 13.6 Å². The van der Waals surface area contributed by atoms with Crippen molar-refractivity contribution in [2.75, 3.05) is 24.5 Å². The van der Waals surface area contributed by atoms with Crippen LogP contribution in [0.4, 0.5) is 19.3 Å². The molecule has 0 aliphatic carbocycles. The van der Waals surface area contributed by atoms with Crippen LogP contribution in [0.3, 0.4) is 0 Å². The zero-order valence-corrected chi connectivity index (χ0v) is 14.1. The van der Waals surface area contributed by atoms with Gasteiger partial charge in [-0.05, 0) is 31.4 Å². The summed E-state index contributed by atoms with van der Waals surface area (Å²) in [6.45, 7) is 4.71. The fourth-order valence-corrected chi connectivity index (χ4v) is 2.85. The number of halogens is 2. The topological polar surface area (TPSA) is 64.6 Å². The van der Waals surface area contributed by atoms with Crippen molar-refractivity contribution in [3.63, 3.8) is 0 Å². The van der Waals surface area contributed by atoms with Gasteiger partial charge in [0.2, 0.25) is 0 Å². The van der Waals surface area contributed by atoms with Crippen LogP contribution in [0.25, 0.3) is 0 Å². The van der Waals surface area contributed by atoms with E-state index in [0.29, 0.717) is 32.4 Å². The summed E-state index contributed by atoms with van der Waals surface area (Å²) in [4.78, 5) is 13.6. The van der Waals surface area contributed by atoms with Gasteiger partial charge in [-0.1, -0.05) is 19.9 Å². The van der Waals surface area contributed by atoms with E-state index in [2.05, 4.69) is 10.6 Å². The Labute approximate surface area is 141 Å². The molecule has 1 unspecified atom stereocenters. The van der Waals surface area contributed by atoms with Crippen molar-refractivity contribution in [1.29, 1.82) is 0 Å². The molecule has 2 rings (SSSR count). The Bertz CT molecular complexity index is 559. The molecule has 0 aromatic heterocycles. The first kappa shape index (κ1) is 18.4. The molecule has 1 aromatic carbocycles. The third kappa shape index (κ3) is 4.35. The van der Waals surface area contributed by atoms with Gasteiger partial charge in [-0.3, -0.25) is 0 Å². The summed E-state index contributed by atoms with van der Waals surface area (Å²) in [6, 6.07) is 3.21. The van der Waals surface area contributed by atoms with Crippen LogP contribution in [0.5, 0.6) is 0 Å². The van der Waals surface area contributed by atoms with E-state index in [0.717, 1.165) is 0 Å². The number of nitrogens with zero attached hydrogens (tertiary/aromatic N) is 1. The van der Waals surface area contributed by atoms with E-state index in [1.807, 2.05) is 13.8 Å². The van der Waals surface area contributed by atoms with Gasteiger partial charge in [0.15, 0.2) is 0 Å². The van der Waals surface area contributed by atoms with Gasteiger partial charge >= 0.3 is 6.03 Å². The maximum absolute atomic E-state index is 13.8. The molecule has 1 fully saturated rings. The second-order valence-corrected chi connectivity index (χ2v) is 6.26. The third-order valence-electron chi connectivity index (χ3n) is 4.67. The van der Waals surface area contributed by atoms with Crippen LogP contribution in [0, 0.1) is 11.6 Å². The molecule has 1 aliphatic rings. The molecule has 0 radical (unpaired) electrons. The van der Waals surface area contributed by atoms with E-state index in [1.165, 1.54) is 18.2 Å². The number of anilines is 1. The van der Waals surface area contributed by atoms with Crippen LogP contribution in [0.2, 0.25) is 0 Å². The van der Waals surface area contributed by atoms with E-state index >= 15 is 0 Å². The molecule has 0 saturated carbocycles. The number of amides is 2. The summed E-state index contributed by atoms with van der Waals surface area (Å²) in [7, 11) is 0. The molecule has 0 bridgehead atoms. The maximum atomic E-state index is 13.8. The number of aliphatic hydroxyl groups is 1. The number of hydrogen-bond donors (Lipinski definition) is 3. The molecule has 0 spiro atoms. The molecule has 5 nitrogen and oxygen atoms in total. The molecule has 1 saturated heterocycles. The smallest absolute Gasteiger partial charge is 0.315 e. The van der Waals surface area contributed by atoms with Gasteiger partial charge < -0.3 is 20.6 Å². The second-order valence-electron chi connectivity index (χ2n) is 6.26. The summed E-state index contributed by atoms with van der Waals surface area (Å²) in [5, 5.41) is 15.6. The first-order valence-corrected chi connectivity index (χ1v) is 8.34. The molecule has 1 heterocycles. The lowest BCUT2D eigenvalue weighted by atomic mass is 9.98. The lowest BCUT2D eigenvalue weighted by Crippen LogP contribution is -2.49. The molecule has 3 N–H and O–H groups in total.